The molecule has 1 aliphatic rings. The molecule has 0 saturated carbocycles. The van der Waals surface area contributed by atoms with Crippen LogP contribution in [0.5, 0.6) is 5.75 Å². The van der Waals surface area contributed by atoms with Crippen molar-refractivity contribution in [2.45, 2.75) is 18.8 Å². The second-order valence-electron chi connectivity index (χ2n) is 4.23. The Morgan fingerprint density at radius 2 is 2.18 bits per heavy atom. The summed E-state index contributed by atoms with van der Waals surface area (Å²) in [6, 6.07) is 3.87. The first-order valence-corrected chi connectivity index (χ1v) is 7.00. The maximum absolute atomic E-state index is 5.19. The van der Waals surface area contributed by atoms with Gasteiger partial charge in [0.1, 0.15) is 5.75 Å². The molecule has 0 unspecified atom stereocenters. The van der Waals surface area contributed by atoms with Gasteiger partial charge in [0.2, 0.25) is 0 Å². The summed E-state index contributed by atoms with van der Waals surface area (Å²) in [5.41, 5.74) is 0.902. The van der Waals surface area contributed by atoms with Gasteiger partial charge in [-0.05, 0) is 36.5 Å². The number of thioether (sulfide) groups is 1. The number of hydrogen-bond donors (Lipinski definition) is 0. The van der Waals surface area contributed by atoms with E-state index in [9.17, 15) is 0 Å². The molecule has 0 radical (unpaired) electrons. The third-order valence-electron chi connectivity index (χ3n) is 3.14. The third-order valence-corrected chi connectivity index (χ3v) is 4.19. The average Bonchev–Trinajstić information content (AvgIpc) is 2.82. The second kappa shape index (κ2) is 4.56. The van der Waals surface area contributed by atoms with Crippen LogP contribution in [0.15, 0.2) is 18.3 Å². The molecule has 0 N–H and O–H groups in total. The number of ether oxygens (including phenoxy) is 1. The van der Waals surface area contributed by atoms with E-state index < -0.39 is 0 Å². The number of rotatable bonds is 2. The largest absolute Gasteiger partial charge is 0.495 e. The van der Waals surface area contributed by atoms with Crippen LogP contribution in [0.25, 0.3) is 5.65 Å². The second-order valence-corrected chi connectivity index (χ2v) is 5.45. The maximum Gasteiger partial charge on any atom is 0.155 e. The molecule has 5 heteroatoms. The lowest BCUT2D eigenvalue weighted by atomic mass is 10.0. The minimum atomic E-state index is 0.530. The highest BCUT2D eigenvalue weighted by molar-refractivity contribution is 7.99. The Morgan fingerprint density at radius 3 is 2.94 bits per heavy atom. The van der Waals surface area contributed by atoms with Crippen LogP contribution in [0.1, 0.15) is 24.6 Å². The Balaban J connectivity index is 1.95. The van der Waals surface area contributed by atoms with Gasteiger partial charge >= 0.3 is 0 Å². The number of fused-ring (bicyclic) bond motifs is 1. The molecule has 3 heterocycles. The molecule has 17 heavy (non-hydrogen) atoms. The van der Waals surface area contributed by atoms with Crippen LogP contribution in [0, 0.1) is 0 Å². The van der Waals surface area contributed by atoms with Crippen molar-refractivity contribution < 1.29 is 4.74 Å². The Kier molecular flexibility index (Phi) is 2.93. The quantitative estimate of drug-likeness (QED) is 0.819. The van der Waals surface area contributed by atoms with Gasteiger partial charge in [0, 0.05) is 5.92 Å². The van der Waals surface area contributed by atoms with Crippen molar-refractivity contribution in [2.75, 3.05) is 18.6 Å². The zero-order chi connectivity index (χ0) is 11.7. The van der Waals surface area contributed by atoms with Crippen molar-refractivity contribution in [3.63, 3.8) is 0 Å². The lowest BCUT2D eigenvalue weighted by Gasteiger charge is -2.17. The summed E-state index contributed by atoms with van der Waals surface area (Å²) in [6.45, 7) is 0. The van der Waals surface area contributed by atoms with E-state index in [0.29, 0.717) is 5.92 Å². The molecular formula is C12H15N3OS. The molecule has 1 saturated heterocycles. The summed E-state index contributed by atoms with van der Waals surface area (Å²) < 4.78 is 7.00. The molecule has 3 rings (SSSR count). The van der Waals surface area contributed by atoms with E-state index in [1.807, 2.05) is 34.6 Å². The van der Waals surface area contributed by atoms with Crippen molar-refractivity contribution in [2.24, 2.45) is 0 Å². The number of aromatic nitrogens is 3. The first kappa shape index (κ1) is 10.9. The van der Waals surface area contributed by atoms with E-state index in [4.69, 9.17) is 4.74 Å². The molecule has 0 atom stereocenters. The highest BCUT2D eigenvalue weighted by Crippen LogP contribution is 2.29. The third kappa shape index (κ3) is 2.11. The van der Waals surface area contributed by atoms with E-state index in [1.165, 1.54) is 24.3 Å². The maximum atomic E-state index is 5.19. The molecule has 0 bridgehead atoms. The monoisotopic (exact) mass is 249 g/mol. The van der Waals surface area contributed by atoms with Gasteiger partial charge in [0.25, 0.3) is 0 Å². The van der Waals surface area contributed by atoms with Gasteiger partial charge in [-0.25, -0.2) is 9.50 Å². The Bertz CT molecular complexity index is 519. The van der Waals surface area contributed by atoms with Gasteiger partial charge < -0.3 is 4.74 Å². The zero-order valence-electron chi connectivity index (χ0n) is 9.80. The van der Waals surface area contributed by atoms with Gasteiger partial charge in [-0.3, -0.25) is 0 Å². The fourth-order valence-corrected chi connectivity index (χ4v) is 3.24. The van der Waals surface area contributed by atoms with Crippen molar-refractivity contribution in [3.05, 3.63) is 24.2 Å². The van der Waals surface area contributed by atoms with Gasteiger partial charge in [0.05, 0.1) is 13.3 Å². The molecular weight excluding hydrogens is 234 g/mol. The first-order chi connectivity index (χ1) is 8.36. The van der Waals surface area contributed by atoms with E-state index in [2.05, 4.69) is 10.1 Å². The summed E-state index contributed by atoms with van der Waals surface area (Å²) in [5, 5.41) is 4.56. The minimum Gasteiger partial charge on any atom is -0.495 e. The molecule has 0 amide bonds. The standard InChI is InChI=1S/C12H15N3OS/c1-16-10-2-3-11-13-12(14-15(11)8-10)9-4-6-17-7-5-9/h2-3,8-9H,4-7H2,1H3. The molecule has 4 nitrogen and oxygen atoms in total. The van der Waals surface area contributed by atoms with Crippen LogP contribution in [0.4, 0.5) is 0 Å². The van der Waals surface area contributed by atoms with Crippen LogP contribution >= 0.6 is 11.8 Å². The molecule has 2 aromatic rings. The summed E-state index contributed by atoms with van der Waals surface area (Å²) in [6.07, 6.45) is 4.26. The highest BCUT2D eigenvalue weighted by atomic mass is 32.2. The van der Waals surface area contributed by atoms with E-state index >= 15 is 0 Å². The molecule has 1 fully saturated rings. The molecule has 90 valence electrons. The SMILES string of the molecule is COc1ccc2nc(C3CCSCC3)nn2c1. The van der Waals surface area contributed by atoms with Gasteiger partial charge in [-0.1, -0.05) is 0 Å². The molecule has 2 aromatic heterocycles. The fourth-order valence-electron chi connectivity index (χ4n) is 2.13. The predicted octanol–water partition coefficient (Wildman–Crippen LogP) is 2.35. The Hall–Kier alpha value is -1.23. The van der Waals surface area contributed by atoms with E-state index in [0.717, 1.165) is 17.2 Å². The molecule has 0 spiro atoms. The summed E-state index contributed by atoms with van der Waals surface area (Å²) >= 11 is 2.02. The Morgan fingerprint density at radius 1 is 1.35 bits per heavy atom. The van der Waals surface area contributed by atoms with E-state index in [1.54, 1.807) is 7.11 Å². The minimum absolute atomic E-state index is 0.530. The zero-order valence-corrected chi connectivity index (χ0v) is 10.6. The lowest BCUT2D eigenvalue weighted by Crippen LogP contribution is -2.09. The van der Waals surface area contributed by atoms with Crippen molar-refractivity contribution in [1.82, 2.24) is 14.6 Å². The van der Waals surface area contributed by atoms with Crippen molar-refractivity contribution in [1.29, 1.82) is 0 Å². The summed E-state index contributed by atoms with van der Waals surface area (Å²) in [4.78, 5) is 4.60. The molecule has 0 aliphatic carbocycles. The first-order valence-electron chi connectivity index (χ1n) is 5.85. The smallest absolute Gasteiger partial charge is 0.155 e. The van der Waals surface area contributed by atoms with Crippen LogP contribution in [0.2, 0.25) is 0 Å². The molecule has 1 aliphatic heterocycles. The number of pyridine rings is 1. The van der Waals surface area contributed by atoms with Gasteiger partial charge in [0.15, 0.2) is 11.5 Å². The lowest BCUT2D eigenvalue weighted by molar-refractivity contribution is 0.411. The van der Waals surface area contributed by atoms with Gasteiger partial charge in [-0.15, -0.1) is 0 Å². The van der Waals surface area contributed by atoms with E-state index in [-0.39, 0.29) is 0 Å². The van der Waals surface area contributed by atoms with Crippen LogP contribution in [0.3, 0.4) is 0 Å². The highest BCUT2D eigenvalue weighted by Gasteiger charge is 2.20. The molecule has 0 aromatic carbocycles. The van der Waals surface area contributed by atoms with Gasteiger partial charge in [-0.2, -0.15) is 16.9 Å². The summed E-state index contributed by atoms with van der Waals surface area (Å²) in [7, 11) is 1.66. The van der Waals surface area contributed by atoms with Crippen LogP contribution in [-0.4, -0.2) is 33.2 Å². The van der Waals surface area contributed by atoms with Crippen molar-refractivity contribution >= 4 is 17.4 Å². The normalized spacial score (nSPS) is 17.5. The number of hydrogen-bond acceptors (Lipinski definition) is 4. The Labute approximate surface area is 104 Å². The topological polar surface area (TPSA) is 39.4 Å². The number of nitrogens with zero attached hydrogens (tertiary/aromatic N) is 3. The average molecular weight is 249 g/mol. The van der Waals surface area contributed by atoms with Crippen LogP contribution < -0.4 is 4.74 Å². The fraction of sp³-hybridized carbons (Fsp3) is 0.500. The van der Waals surface area contributed by atoms with Crippen molar-refractivity contribution in [3.8, 4) is 5.75 Å². The van der Waals surface area contributed by atoms with Crippen LogP contribution in [-0.2, 0) is 0 Å². The number of methoxy groups -OCH3 is 1. The predicted molar refractivity (Wildman–Crippen MR) is 68.8 cm³/mol. The summed E-state index contributed by atoms with van der Waals surface area (Å²) in [5.74, 6) is 4.78.